The summed E-state index contributed by atoms with van der Waals surface area (Å²) in [6.45, 7) is 7.84. The van der Waals surface area contributed by atoms with E-state index in [0.717, 1.165) is 43.6 Å². The Hall–Kier alpha value is -1.23. The van der Waals surface area contributed by atoms with E-state index in [1.807, 2.05) is 13.8 Å². The molecule has 1 aromatic rings. The molecular formula is C12H18N4O. The highest BCUT2D eigenvalue weighted by molar-refractivity contribution is 5.36. The summed E-state index contributed by atoms with van der Waals surface area (Å²) in [4.78, 5) is 6.72. The van der Waals surface area contributed by atoms with Crippen molar-refractivity contribution in [1.29, 1.82) is 0 Å². The van der Waals surface area contributed by atoms with Crippen LogP contribution >= 0.6 is 0 Å². The first kappa shape index (κ1) is 10.9. The lowest BCUT2D eigenvalue weighted by atomic mass is 9.73. The highest BCUT2D eigenvalue weighted by Gasteiger charge is 2.44. The van der Waals surface area contributed by atoms with Crippen molar-refractivity contribution < 1.29 is 4.74 Å². The summed E-state index contributed by atoms with van der Waals surface area (Å²) in [5.41, 5.74) is 2.35. The summed E-state index contributed by atoms with van der Waals surface area (Å²) >= 11 is 0. The maximum absolute atomic E-state index is 5.41. The zero-order chi connectivity index (χ0) is 11.9. The number of anilines is 1. The minimum absolute atomic E-state index is 0.459. The number of nitrogens with zero attached hydrogens (tertiary/aromatic N) is 4. The Morgan fingerprint density at radius 3 is 2.41 bits per heavy atom. The summed E-state index contributed by atoms with van der Waals surface area (Å²) in [6.07, 6.45) is 2.34. The normalized spacial score (nSPS) is 22.6. The topological polar surface area (TPSA) is 51.1 Å². The van der Waals surface area contributed by atoms with E-state index in [-0.39, 0.29) is 0 Å². The van der Waals surface area contributed by atoms with Gasteiger partial charge in [-0.15, -0.1) is 5.10 Å². The second kappa shape index (κ2) is 3.91. The smallest absolute Gasteiger partial charge is 0.245 e. The van der Waals surface area contributed by atoms with E-state index in [1.54, 1.807) is 0 Å². The second-order valence-corrected chi connectivity index (χ2v) is 5.25. The molecule has 0 radical (unpaired) electrons. The molecule has 2 aliphatic heterocycles. The highest BCUT2D eigenvalue weighted by Crippen LogP contribution is 2.40. The summed E-state index contributed by atoms with van der Waals surface area (Å²) in [5.74, 6) is 0.783. The Morgan fingerprint density at radius 1 is 1.06 bits per heavy atom. The van der Waals surface area contributed by atoms with Crippen LogP contribution in [0, 0.1) is 19.3 Å². The molecule has 5 heteroatoms. The van der Waals surface area contributed by atoms with Gasteiger partial charge in [0.15, 0.2) is 0 Å². The molecule has 2 aliphatic rings. The van der Waals surface area contributed by atoms with E-state index < -0.39 is 0 Å². The Morgan fingerprint density at radius 2 is 1.76 bits per heavy atom. The average Bonchev–Trinajstić information content (AvgIpc) is 2.31. The zero-order valence-electron chi connectivity index (χ0n) is 10.4. The summed E-state index contributed by atoms with van der Waals surface area (Å²) in [5, 5.41) is 8.31. The van der Waals surface area contributed by atoms with Crippen LogP contribution in [-0.4, -0.2) is 41.5 Å². The molecule has 1 spiro atoms. The van der Waals surface area contributed by atoms with Gasteiger partial charge >= 0.3 is 0 Å². The molecule has 17 heavy (non-hydrogen) atoms. The Kier molecular flexibility index (Phi) is 2.50. The molecule has 0 saturated carbocycles. The van der Waals surface area contributed by atoms with E-state index in [4.69, 9.17) is 4.74 Å². The van der Waals surface area contributed by atoms with Gasteiger partial charge in [0.1, 0.15) is 0 Å². The van der Waals surface area contributed by atoms with Gasteiger partial charge in [-0.25, -0.2) is 4.98 Å². The average molecular weight is 234 g/mol. The van der Waals surface area contributed by atoms with Gasteiger partial charge < -0.3 is 9.64 Å². The molecule has 3 rings (SSSR count). The third kappa shape index (κ3) is 1.88. The fourth-order valence-corrected chi connectivity index (χ4v) is 2.60. The first-order valence-corrected chi connectivity index (χ1v) is 6.19. The molecule has 1 aromatic heterocycles. The molecule has 0 amide bonds. The van der Waals surface area contributed by atoms with Crippen LogP contribution in [0.15, 0.2) is 0 Å². The van der Waals surface area contributed by atoms with E-state index in [0.29, 0.717) is 5.41 Å². The Bertz CT molecular complexity index is 421. The van der Waals surface area contributed by atoms with Crippen LogP contribution < -0.4 is 4.90 Å². The van der Waals surface area contributed by atoms with Crippen molar-refractivity contribution in [1.82, 2.24) is 15.2 Å². The van der Waals surface area contributed by atoms with Crippen LogP contribution in [0.3, 0.4) is 0 Å². The third-order valence-electron chi connectivity index (χ3n) is 3.97. The second-order valence-electron chi connectivity index (χ2n) is 5.25. The van der Waals surface area contributed by atoms with Crippen LogP contribution in [0.1, 0.15) is 24.2 Å². The Labute approximate surface area is 101 Å². The molecule has 2 saturated heterocycles. The first-order chi connectivity index (χ1) is 8.19. The molecular weight excluding hydrogens is 216 g/mol. The largest absolute Gasteiger partial charge is 0.381 e. The van der Waals surface area contributed by atoms with Crippen LogP contribution in [0.4, 0.5) is 5.95 Å². The molecule has 0 bridgehead atoms. The van der Waals surface area contributed by atoms with Gasteiger partial charge in [0.25, 0.3) is 0 Å². The number of rotatable bonds is 1. The molecule has 0 N–H and O–H groups in total. The first-order valence-electron chi connectivity index (χ1n) is 6.19. The molecule has 0 aliphatic carbocycles. The van der Waals surface area contributed by atoms with Gasteiger partial charge in [-0.1, -0.05) is 0 Å². The monoisotopic (exact) mass is 234 g/mol. The van der Waals surface area contributed by atoms with Gasteiger partial charge in [0, 0.05) is 31.7 Å². The number of aryl methyl sites for hydroxylation is 2. The van der Waals surface area contributed by atoms with Crippen molar-refractivity contribution in [2.24, 2.45) is 5.41 Å². The SMILES string of the molecule is Cc1nnc(N2CC3(CCOCC3)C2)nc1C. The van der Waals surface area contributed by atoms with Gasteiger partial charge in [-0.2, -0.15) is 5.10 Å². The molecule has 0 atom stereocenters. The molecule has 3 heterocycles. The predicted molar refractivity (Wildman–Crippen MR) is 64.0 cm³/mol. The third-order valence-corrected chi connectivity index (χ3v) is 3.97. The maximum atomic E-state index is 5.41. The van der Waals surface area contributed by atoms with Crippen molar-refractivity contribution >= 4 is 5.95 Å². The lowest BCUT2D eigenvalue weighted by Crippen LogP contribution is -2.59. The van der Waals surface area contributed by atoms with Crippen LogP contribution in [0.25, 0.3) is 0 Å². The minimum Gasteiger partial charge on any atom is -0.381 e. The van der Waals surface area contributed by atoms with Crippen molar-refractivity contribution in [3.8, 4) is 0 Å². The van der Waals surface area contributed by atoms with Gasteiger partial charge in [-0.05, 0) is 26.7 Å². The predicted octanol–water partition coefficient (Wildman–Crippen LogP) is 1.11. The van der Waals surface area contributed by atoms with Gasteiger partial charge in [0.05, 0.1) is 11.4 Å². The fourth-order valence-electron chi connectivity index (χ4n) is 2.60. The van der Waals surface area contributed by atoms with Crippen LogP contribution in [-0.2, 0) is 4.74 Å². The molecule has 0 unspecified atom stereocenters. The lowest BCUT2D eigenvalue weighted by Gasteiger charge is -2.52. The van der Waals surface area contributed by atoms with Crippen molar-refractivity contribution in [3.05, 3.63) is 11.4 Å². The molecule has 2 fully saturated rings. The summed E-state index contributed by atoms with van der Waals surface area (Å²) in [7, 11) is 0. The zero-order valence-corrected chi connectivity index (χ0v) is 10.4. The summed E-state index contributed by atoms with van der Waals surface area (Å²) in [6, 6.07) is 0. The highest BCUT2D eigenvalue weighted by atomic mass is 16.5. The summed E-state index contributed by atoms with van der Waals surface area (Å²) < 4.78 is 5.41. The Balaban J connectivity index is 1.70. The standard InChI is InChI=1S/C12H18N4O/c1-9-10(2)14-15-11(13-9)16-7-12(8-16)3-5-17-6-4-12/h3-8H2,1-2H3. The van der Waals surface area contributed by atoms with Crippen molar-refractivity contribution in [3.63, 3.8) is 0 Å². The van der Waals surface area contributed by atoms with Gasteiger partial charge in [-0.3, -0.25) is 0 Å². The number of hydrogen-bond acceptors (Lipinski definition) is 5. The van der Waals surface area contributed by atoms with Crippen LogP contribution in [0.2, 0.25) is 0 Å². The maximum Gasteiger partial charge on any atom is 0.245 e. The van der Waals surface area contributed by atoms with E-state index in [9.17, 15) is 0 Å². The van der Waals surface area contributed by atoms with Gasteiger partial charge in [0.2, 0.25) is 5.95 Å². The van der Waals surface area contributed by atoms with Crippen molar-refractivity contribution in [2.45, 2.75) is 26.7 Å². The molecule has 92 valence electrons. The molecule has 5 nitrogen and oxygen atoms in total. The number of ether oxygens (including phenoxy) is 1. The fraction of sp³-hybridized carbons (Fsp3) is 0.750. The van der Waals surface area contributed by atoms with Crippen molar-refractivity contribution in [2.75, 3.05) is 31.2 Å². The lowest BCUT2D eigenvalue weighted by molar-refractivity contribution is -0.000810. The van der Waals surface area contributed by atoms with E-state index in [2.05, 4.69) is 20.1 Å². The quantitative estimate of drug-likeness (QED) is 0.728. The number of hydrogen-bond donors (Lipinski definition) is 0. The van der Waals surface area contributed by atoms with E-state index >= 15 is 0 Å². The van der Waals surface area contributed by atoms with Crippen LogP contribution in [0.5, 0.6) is 0 Å². The minimum atomic E-state index is 0.459. The van der Waals surface area contributed by atoms with E-state index in [1.165, 1.54) is 12.8 Å². The number of aromatic nitrogens is 3. The molecule has 0 aromatic carbocycles.